The lowest BCUT2D eigenvalue weighted by molar-refractivity contribution is 0.504. The van der Waals surface area contributed by atoms with E-state index in [0.717, 1.165) is 23.7 Å². The van der Waals surface area contributed by atoms with Crippen LogP contribution in [-0.2, 0) is 0 Å². The summed E-state index contributed by atoms with van der Waals surface area (Å²) in [5, 5.41) is 3.52. The molecule has 1 atom stereocenters. The van der Waals surface area contributed by atoms with Gasteiger partial charge in [-0.3, -0.25) is 0 Å². The molecular formula is C17H20N2O. The molecule has 2 aromatic rings. The van der Waals surface area contributed by atoms with Crippen LogP contribution in [0.3, 0.4) is 0 Å². The van der Waals surface area contributed by atoms with Crippen molar-refractivity contribution >= 4 is 5.69 Å². The van der Waals surface area contributed by atoms with E-state index in [9.17, 15) is 0 Å². The molecule has 1 heterocycles. The average Bonchev–Trinajstić information content (AvgIpc) is 2.93. The van der Waals surface area contributed by atoms with E-state index in [-0.39, 0.29) is 0 Å². The van der Waals surface area contributed by atoms with E-state index in [0.29, 0.717) is 5.89 Å². The molecule has 0 spiro atoms. The number of aromatic nitrogens is 1. The van der Waals surface area contributed by atoms with Crippen LogP contribution in [-0.4, -0.2) is 11.5 Å². The van der Waals surface area contributed by atoms with Crippen molar-refractivity contribution in [3.05, 3.63) is 48.6 Å². The highest BCUT2D eigenvalue weighted by Crippen LogP contribution is 2.22. The average molecular weight is 268 g/mol. The number of allylic oxidation sites excluding steroid dienone is 2. The van der Waals surface area contributed by atoms with Gasteiger partial charge in [0.15, 0.2) is 5.89 Å². The first-order valence-electron chi connectivity index (χ1n) is 7.23. The maximum atomic E-state index is 5.24. The van der Waals surface area contributed by atoms with Gasteiger partial charge in [0, 0.05) is 24.7 Å². The fourth-order valence-electron chi connectivity index (χ4n) is 2.56. The number of oxazole rings is 1. The number of hydrogen-bond acceptors (Lipinski definition) is 3. The summed E-state index contributed by atoms with van der Waals surface area (Å²) in [7, 11) is 0. The standard InChI is InChI=1S/C17H20N2O/c1-13-19-17(12-20-13)15-7-9-16(10-8-15)18-11-14-5-3-2-4-6-14/h2-3,7-10,12,14,18H,4-6,11H2,1H3. The van der Waals surface area contributed by atoms with Gasteiger partial charge in [-0.2, -0.15) is 0 Å². The van der Waals surface area contributed by atoms with Crippen LogP contribution < -0.4 is 5.32 Å². The Hall–Kier alpha value is -2.03. The van der Waals surface area contributed by atoms with Gasteiger partial charge in [-0.05, 0) is 37.3 Å². The Morgan fingerprint density at radius 1 is 1.25 bits per heavy atom. The topological polar surface area (TPSA) is 38.1 Å². The second kappa shape index (κ2) is 5.95. The molecule has 1 unspecified atom stereocenters. The van der Waals surface area contributed by atoms with E-state index < -0.39 is 0 Å². The molecule has 0 aliphatic heterocycles. The molecule has 1 aromatic heterocycles. The summed E-state index contributed by atoms with van der Waals surface area (Å²) in [6, 6.07) is 8.39. The molecule has 3 nitrogen and oxygen atoms in total. The van der Waals surface area contributed by atoms with E-state index >= 15 is 0 Å². The minimum atomic E-state index is 0.701. The Balaban J connectivity index is 1.60. The molecule has 104 valence electrons. The first kappa shape index (κ1) is 13.0. The maximum Gasteiger partial charge on any atom is 0.191 e. The third kappa shape index (κ3) is 3.10. The number of benzene rings is 1. The van der Waals surface area contributed by atoms with Crippen LogP contribution in [0.5, 0.6) is 0 Å². The summed E-state index contributed by atoms with van der Waals surface area (Å²) < 4.78 is 5.24. The van der Waals surface area contributed by atoms with E-state index in [4.69, 9.17) is 4.42 Å². The van der Waals surface area contributed by atoms with Crippen molar-refractivity contribution < 1.29 is 4.42 Å². The van der Waals surface area contributed by atoms with Gasteiger partial charge < -0.3 is 9.73 Å². The summed E-state index contributed by atoms with van der Waals surface area (Å²) in [5.74, 6) is 1.46. The zero-order valence-corrected chi connectivity index (χ0v) is 11.8. The molecule has 1 N–H and O–H groups in total. The number of nitrogens with zero attached hydrogens (tertiary/aromatic N) is 1. The Morgan fingerprint density at radius 3 is 2.75 bits per heavy atom. The molecule has 3 rings (SSSR count). The fourth-order valence-corrected chi connectivity index (χ4v) is 2.56. The van der Waals surface area contributed by atoms with Crippen molar-refractivity contribution in [3.8, 4) is 11.3 Å². The van der Waals surface area contributed by atoms with Gasteiger partial charge in [0.1, 0.15) is 12.0 Å². The van der Waals surface area contributed by atoms with E-state index in [1.54, 1.807) is 6.26 Å². The predicted molar refractivity (Wildman–Crippen MR) is 81.6 cm³/mol. The molecule has 3 heteroatoms. The van der Waals surface area contributed by atoms with Gasteiger partial charge in [0.2, 0.25) is 0 Å². The predicted octanol–water partition coefficient (Wildman–Crippen LogP) is 4.42. The molecule has 0 fully saturated rings. The van der Waals surface area contributed by atoms with Crippen LogP contribution in [0.15, 0.2) is 47.1 Å². The molecule has 0 amide bonds. The minimum Gasteiger partial charge on any atom is -0.449 e. The Kier molecular flexibility index (Phi) is 3.86. The second-order valence-electron chi connectivity index (χ2n) is 5.36. The maximum absolute atomic E-state index is 5.24. The summed E-state index contributed by atoms with van der Waals surface area (Å²) >= 11 is 0. The Morgan fingerprint density at radius 2 is 2.10 bits per heavy atom. The smallest absolute Gasteiger partial charge is 0.191 e. The van der Waals surface area contributed by atoms with Crippen LogP contribution in [0.4, 0.5) is 5.69 Å². The monoisotopic (exact) mass is 268 g/mol. The lowest BCUT2D eigenvalue weighted by atomic mass is 9.94. The SMILES string of the molecule is Cc1nc(-c2ccc(NCC3CC=CCC3)cc2)co1. The summed E-state index contributed by atoms with van der Waals surface area (Å²) in [4.78, 5) is 4.34. The molecule has 1 aromatic carbocycles. The largest absolute Gasteiger partial charge is 0.449 e. The highest BCUT2D eigenvalue weighted by Gasteiger charge is 2.09. The summed E-state index contributed by atoms with van der Waals surface area (Å²) in [6.07, 6.45) is 9.99. The third-order valence-corrected chi connectivity index (χ3v) is 3.77. The fraction of sp³-hybridized carbons (Fsp3) is 0.353. The third-order valence-electron chi connectivity index (χ3n) is 3.77. The molecule has 20 heavy (non-hydrogen) atoms. The summed E-state index contributed by atoms with van der Waals surface area (Å²) in [5.41, 5.74) is 3.16. The minimum absolute atomic E-state index is 0.701. The zero-order valence-electron chi connectivity index (χ0n) is 11.8. The van der Waals surface area contributed by atoms with E-state index in [2.05, 4.69) is 46.7 Å². The number of hydrogen-bond donors (Lipinski definition) is 1. The molecule has 0 saturated carbocycles. The van der Waals surface area contributed by atoms with Crippen LogP contribution in [0.25, 0.3) is 11.3 Å². The second-order valence-corrected chi connectivity index (χ2v) is 5.36. The van der Waals surface area contributed by atoms with E-state index in [1.165, 1.54) is 24.9 Å². The van der Waals surface area contributed by atoms with Crippen LogP contribution in [0.2, 0.25) is 0 Å². The van der Waals surface area contributed by atoms with Crippen molar-refractivity contribution in [2.75, 3.05) is 11.9 Å². The Labute approximate surface area is 119 Å². The van der Waals surface area contributed by atoms with Gasteiger partial charge in [-0.25, -0.2) is 4.98 Å². The Bertz CT molecular complexity index is 583. The van der Waals surface area contributed by atoms with Crippen LogP contribution in [0, 0.1) is 12.8 Å². The number of rotatable bonds is 4. The first-order valence-corrected chi connectivity index (χ1v) is 7.23. The van der Waals surface area contributed by atoms with Gasteiger partial charge in [0.25, 0.3) is 0 Å². The highest BCUT2D eigenvalue weighted by atomic mass is 16.3. The van der Waals surface area contributed by atoms with Crippen molar-refractivity contribution in [2.45, 2.75) is 26.2 Å². The lowest BCUT2D eigenvalue weighted by Gasteiger charge is -2.18. The molecule has 0 radical (unpaired) electrons. The van der Waals surface area contributed by atoms with Gasteiger partial charge >= 0.3 is 0 Å². The highest BCUT2D eigenvalue weighted by molar-refractivity contribution is 5.61. The first-order chi connectivity index (χ1) is 9.81. The van der Waals surface area contributed by atoms with Crippen molar-refractivity contribution in [3.63, 3.8) is 0 Å². The lowest BCUT2D eigenvalue weighted by Crippen LogP contribution is -2.15. The number of aryl methyl sites for hydroxylation is 1. The zero-order chi connectivity index (χ0) is 13.8. The van der Waals surface area contributed by atoms with Crippen LogP contribution >= 0.6 is 0 Å². The molecule has 0 bridgehead atoms. The van der Waals surface area contributed by atoms with Crippen molar-refractivity contribution in [2.24, 2.45) is 5.92 Å². The quantitative estimate of drug-likeness (QED) is 0.834. The van der Waals surface area contributed by atoms with Gasteiger partial charge in [-0.1, -0.05) is 24.3 Å². The number of nitrogens with one attached hydrogen (secondary N) is 1. The summed E-state index contributed by atoms with van der Waals surface area (Å²) in [6.45, 7) is 2.91. The van der Waals surface area contributed by atoms with Gasteiger partial charge in [-0.15, -0.1) is 0 Å². The van der Waals surface area contributed by atoms with Crippen molar-refractivity contribution in [1.29, 1.82) is 0 Å². The normalized spacial score (nSPS) is 18.1. The van der Waals surface area contributed by atoms with Crippen molar-refractivity contribution in [1.82, 2.24) is 4.98 Å². The molecule has 1 aliphatic carbocycles. The van der Waals surface area contributed by atoms with E-state index in [1.807, 2.05) is 6.92 Å². The number of anilines is 1. The van der Waals surface area contributed by atoms with Gasteiger partial charge in [0.05, 0.1) is 0 Å². The molecule has 1 aliphatic rings. The molecular weight excluding hydrogens is 248 g/mol. The van der Waals surface area contributed by atoms with Crippen LogP contribution in [0.1, 0.15) is 25.2 Å². The molecule has 0 saturated heterocycles.